The highest BCUT2D eigenvalue weighted by Crippen LogP contribution is 2.06. The third-order valence-electron chi connectivity index (χ3n) is 1.42. The summed E-state index contributed by atoms with van der Waals surface area (Å²) in [6.45, 7) is 0. The molecular weight excluding hydrogens is 222 g/mol. The lowest BCUT2D eigenvalue weighted by molar-refractivity contribution is -0.115. The van der Waals surface area contributed by atoms with E-state index in [0.29, 0.717) is 17.4 Å². The van der Waals surface area contributed by atoms with E-state index in [0.717, 1.165) is 5.75 Å². The fourth-order valence-electron chi connectivity index (χ4n) is 0.777. The molecule has 1 amide bonds. The molecule has 1 aromatic heterocycles. The minimum atomic E-state index is -0.0593. The molecule has 0 aliphatic rings. The number of carbonyl (C=O) groups excluding carboxylic acids is 1. The number of hydrogen-bond donors (Lipinski definition) is 1. The van der Waals surface area contributed by atoms with Crippen LogP contribution in [0.5, 0.6) is 0 Å². The molecule has 6 heteroatoms. The molecule has 1 rings (SSSR count). The van der Waals surface area contributed by atoms with E-state index in [1.165, 1.54) is 12.4 Å². The van der Waals surface area contributed by atoms with Crippen molar-refractivity contribution in [3.8, 4) is 0 Å². The quantitative estimate of drug-likeness (QED) is 0.859. The zero-order valence-electron chi connectivity index (χ0n) is 7.66. The van der Waals surface area contributed by atoms with Gasteiger partial charge in [0.25, 0.3) is 0 Å². The van der Waals surface area contributed by atoms with Crippen molar-refractivity contribution in [1.29, 1.82) is 0 Å². The molecule has 0 saturated carbocycles. The van der Waals surface area contributed by atoms with Crippen LogP contribution in [0.1, 0.15) is 6.42 Å². The highest BCUT2D eigenvalue weighted by atomic mass is 35.5. The number of rotatable bonds is 4. The molecule has 14 heavy (non-hydrogen) atoms. The van der Waals surface area contributed by atoms with Crippen LogP contribution in [-0.4, -0.2) is 27.9 Å². The molecule has 0 aromatic carbocycles. The lowest BCUT2D eigenvalue weighted by atomic mass is 10.4. The van der Waals surface area contributed by atoms with Gasteiger partial charge in [-0.2, -0.15) is 11.8 Å². The van der Waals surface area contributed by atoms with Gasteiger partial charge in [-0.15, -0.1) is 0 Å². The van der Waals surface area contributed by atoms with Gasteiger partial charge in [0.05, 0.1) is 12.4 Å². The Kier molecular flexibility index (Phi) is 4.69. The number of anilines is 1. The number of carbonyl (C=O) groups is 1. The van der Waals surface area contributed by atoms with E-state index >= 15 is 0 Å². The van der Waals surface area contributed by atoms with Crippen LogP contribution in [-0.2, 0) is 4.79 Å². The van der Waals surface area contributed by atoms with Gasteiger partial charge in [0, 0.05) is 12.2 Å². The molecule has 0 aliphatic heterocycles. The lowest BCUT2D eigenvalue weighted by Crippen LogP contribution is -2.13. The maximum absolute atomic E-state index is 11.2. The van der Waals surface area contributed by atoms with Crippen molar-refractivity contribution in [3.05, 3.63) is 17.5 Å². The largest absolute Gasteiger partial charge is 0.309 e. The van der Waals surface area contributed by atoms with Crippen molar-refractivity contribution in [2.75, 3.05) is 17.3 Å². The molecule has 0 radical (unpaired) electrons. The molecule has 0 spiro atoms. The average Bonchev–Trinajstić information content (AvgIpc) is 2.18. The molecule has 1 aromatic rings. The monoisotopic (exact) mass is 231 g/mol. The van der Waals surface area contributed by atoms with Crippen molar-refractivity contribution >= 4 is 35.1 Å². The van der Waals surface area contributed by atoms with Crippen molar-refractivity contribution in [2.24, 2.45) is 0 Å². The first kappa shape index (κ1) is 11.3. The van der Waals surface area contributed by atoms with Crippen LogP contribution in [0.25, 0.3) is 0 Å². The summed E-state index contributed by atoms with van der Waals surface area (Å²) >= 11 is 7.17. The van der Waals surface area contributed by atoms with Crippen molar-refractivity contribution in [3.63, 3.8) is 0 Å². The number of halogens is 1. The number of nitrogens with zero attached hydrogens (tertiary/aromatic N) is 2. The topological polar surface area (TPSA) is 54.9 Å². The van der Waals surface area contributed by atoms with E-state index < -0.39 is 0 Å². The maximum Gasteiger partial charge on any atom is 0.226 e. The molecule has 0 atom stereocenters. The molecule has 1 heterocycles. The Bertz CT molecular complexity index is 304. The SMILES string of the molecule is CSCCC(=O)Nc1cnc(Cl)cn1. The van der Waals surface area contributed by atoms with E-state index in [-0.39, 0.29) is 5.91 Å². The van der Waals surface area contributed by atoms with Crippen LogP contribution in [0.3, 0.4) is 0 Å². The Morgan fingerprint density at radius 3 is 2.93 bits per heavy atom. The molecule has 1 N–H and O–H groups in total. The molecular formula is C8H10ClN3OS. The summed E-state index contributed by atoms with van der Waals surface area (Å²) in [6.07, 6.45) is 5.26. The number of nitrogens with one attached hydrogen (secondary N) is 1. The van der Waals surface area contributed by atoms with E-state index in [2.05, 4.69) is 15.3 Å². The first-order valence-electron chi connectivity index (χ1n) is 3.98. The third kappa shape index (κ3) is 3.93. The molecule has 0 saturated heterocycles. The zero-order chi connectivity index (χ0) is 10.4. The van der Waals surface area contributed by atoms with Crippen LogP contribution in [0, 0.1) is 0 Å². The highest BCUT2D eigenvalue weighted by molar-refractivity contribution is 7.98. The summed E-state index contributed by atoms with van der Waals surface area (Å²) in [5.41, 5.74) is 0. The molecule has 4 nitrogen and oxygen atoms in total. The Labute approximate surface area is 91.5 Å². The van der Waals surface area contributed by atoms with Gasteiger partial charge < -0.3 is 5.32 Å². The predicted octanol–water partition coefficient (Wildman–Crippen LogP) is 1.82. The van der Waals surface area contributed by atoms with Gasteiger partial charge >= 0.3 is 0 Å². The minimum Gasteiger partial charge on any atom is -0.309 e. The van der Waals surface area contributed by atoms with Crippen LogP contribution < -0.4 is 5.32 Å². The van der Waals surface area contributed by atoms with Gasteiger partial charge in [0.2, 0.25) is 5.91 Å². The normalized spacial score (nSPS) is 9.86. The average molecular weight is 232 g/mol. The fraction of sp³-hybridized carbons (Fsp3) is 0.375. The number of thioether (sulfide) groups is 1. The van der Waals surface area contributed by atoms with E-state index in [9.17, 15) is 4.79 Å². The first-order valence-corrected chi connectivity index (χ1v) is 5.76. The van der Waals surface area contributed by atoms with Crippen LogP contribution in [0.4, 0.5) is 5.82 Å². The standard InChI is InChI=1S/C8H10ClN3OS/c1-14-3-2-8(13)12-7-5-10-6(9)4-11-7/h4-5H,2-3H2,1H3,(H,11,12,13). The Morgan fingerprint density at radius 1 is 1.57 bits per heavy atom. The van der Waals surface area contributed by atoms with E-state index in [4.69, 9.17) is 11.6 Å². The van der Waals surface area contributed by atoms with Gasteiger partial charge in [-0.05, 0) is 6.26 Å². The number of amides is 1. The molecule has 0 aliphatic carbocycles. The van der Waals surface area contributed by atoms with Crippen LogP contribution in [0.15, 0.2) is 12.4 Å². The smallest absolute Gasteiger partial charge is 0.226 e. The second kappa shape index (κ2) is 5.82. The third-order valence-corrected chi connectivity index (χ3v) is 2.23. The second-order valence-corrected chi connectivity index (χ2v) is 3.89. The predicted molar refractivity (Wildman–Crippen MR) is 58.7 cm³/mol. The summed E-state index contributed by atoms with van der Waals surface area (Å²) in [4.78, 5) is 18.9. The Hall–Kier alpha value is -0.810. The van der Waals surface area contributed by atoms with E-state index in [1.807, 2.05) is 6.26 Å². The second-order valence-electron chi connectivity index (χ2n) is 2.52. The summed E-state index contributed by atoms with van der Waals surface area (Å²) in [6, 6.07) is 0. The highest BCUT2D eigenvalue weighted by Gasteiger charge is 2.02. The van der Waals surface area contributed by atoms with Gasteiger partial charge in [-0.3, -0.25) is 4.79 Å². The summed E-state index contributed by atoms with van der Waals surface area (Å²) in [5.74, 6) is 1.17. The van der Waals surface area contributed by atoms with Gasteiger partial charge in [0.15, 0.2) is 5.82 Å². The first-order chi connectivity index (χ1) is 6.72. The zero-order valence-corrected chi connectivity index (χ0v) is 9.23. The Balaban J connectivity index is 2.44. The van der Waals surface area contributed by atoms with Crippen LogP contribution in [0.2, 0.25) is 5.15 Å². The lowest BCUT2D eigenvalue weighted by Gasteiger charge is -2.02. The summed E-state index contributed by atoms with van der Waals surface area (Å²) in [5, 5.41) is 2.93. The van der Waals surface area contributed by atoms with Crippen molar-refractivity contribution in [1.82, 2.24) is 9.97 Å². The van der Waals surface area contributed by atoms with Crippen molar-refractivity contribution in [2.45, 2.75) is 6.42 Å². The molecule has 76 valence electrons. The molecule has 0 fully saturated rings. The molecule has 0 bridgehead atoms. The number of hydrogen-bond acceptors (Lipinski definition) is 4. The number of aromatic nitrogens is 2. The van der Waals surface area contributed by atoms with Gasteiger partial charge in [0.1, 0.15) is 5.15 Å². The Morgan fingerprint density at radius 2 is 2.36 bits per heavy atom. The maximum atomic E-state index is 11.2. The van der Waals surface area contributed by atoms with E-state index in [1.54, 1.807) is 11.8 Å². The van der Waals surface area contributed by atoms with Gasteiger partial charge in [-0.1, -0.05) is 11.6 Å². The van der Waals surface area contributed by atoms with Crippen LogP contribution >= 0.6 is 23.4 Å². The van der Waals surface area contributed by atoms with Crippen molar-refractivity contribution < 1.29 is 4.79 Å². The summed E-state index contributed by atoms with van der Waals surface area (Å²) in [7, 11) is 0. The van der Waals surface area contributed by atoms with Gasteiger partial charge in [-0.25, -0.2) is 9.97 Å². The summed E-state index contributed by atoms with van der Waals surface area (Å²) < 4.78 is 0. The molecule has 0 unspecified atom stereocenters. The minimum absolute atomic E-state index is 0.0593. The fourth-order valence-corrected chi connectivity index (χ4v) is 1.26.